The van der Waals surface area contributed by atoms with E-state index in [4.69, 9.17) is 28.4 Å². The van der Waals surface area contributed by atoms with Gasteiger partial charge in [-0.3, -0.25) is 9.80 Å². The zero-order chi connectivity index (χ0) is 35.3. The highest BCUT2D eigenvalue weighted by Gasteiger charge is 2.35. The molecule has 0 amide bonds. The molecule has 4 fully saturated rings. The van der Waals surface area contributed by atoms with Crippen LogP contribution in [0, 0.1) is 0 Å². The topological polar surface area (TPSA) is 102 Å². The van der Waals surface area contributed by atoms with Crippen LogP contribution in [0.1, 0.15) is 75.3 Å². The zero-order valence-electron chi connectivity index (χ0n) is 30.9. The lowest BCUT2D eigenvalue weighted by molar-refractivity contribution is -0.0317. The third-order valence-electron chi connectivity index (χ3n) is 11.0. The summed E-state index contributed by atoms with van der Waals surface area (Å²) in [5, 5.41) is 19.7. The molecule has 2 N–H and O–H groups in total. The molecular weight excluding hydrogens is 636 g/mol. The van der Waals surface area contributed by atoms with Crippen molar-refractivity contribution in [3.63, 3.8) is 0 Å². The Kier molecular flexibility index (Phi) is 15.3. The Morgan fingerprint density at radius 3 is 1.30 bits per heavy atom. The maximum absolute atomic E-state index is 9.83. The number of aliphatic hydroxyl groups is 2. The van der Waals surface area contributed by atoms with E-state index in [0.717, 1.165) is 87.7 Å². The van der Waals surface area contributed by atoms with E-state index in [0.29, 0.717) is 37.5 Å². The molecule has 280 valence electrons. The van der Waals surface area contributed by atoms with E-state index in [-0.39, 0.29) is 12.2 Å². The number of benzene rings is 2. The molecule has 0 bridgehead atoms. The van der Waals surface area contributed by atoms with Crippen LogP contribution in [0.2, 0.25) is 0 Å². The summed E-state index contributed by atoms with van der Waals surface area (Å²) in [6.45, 7) is 5.04. The number of hydrogen-bond acceptors (Lipinski definition) is 10. The first-order valence-electron chi connectivity index (χ1n) is 18.9. The predicted molar refractivity (Wildman–Crippen MR) is 195 cm³/mol. The summed E-state index contributed by atoms with van der Waals surface area (Å²) >= 11 is 0. The lowest BCUT2D eigenvalue weighted by Gasteiger charge is -2.37. The van der Waals surface area contributed by atoms with Crippen LogP contribution in [0.5, 0.6) is 23.0 Å². The molecule has 10 nitrogen and oxygen atoms in total. The molecule has 2 heterocycles. The first kappa shape index (κ1) is 38.6. The van der Waals surface area contributed by atoms with Crippen molar-refractivity contribution in [3.8, 4) is 23.0 Å². The van der Waals surface area contributed by atoms with Crippen molar-refractivity contribution in [1.82, 2.24) is 9.80 Å². The molecular formula is C40H62N2O8. The van der Waals surface area contributed by atoms with Crippen LogP contribution < -0.4 is 18.9 Å². The van der Waals surface area contributed by atoms with Gasteiger partial charge in [0.05, 0.1) is 66.1 Å². The second-order valence-electron chi connectivity index (χ2n) is 14.3. The van der Waals surface area contributed by atoms with Gasteiger partial charge < -0.3 is 38.6 Å². The summed E-state index contributed by atoms with van der Waals surface area (Å²) < 4.78 is 33.9. The van der Waals surface area contributed by atoms with E-state index in [2.05, 4.69) is 21.9 Å². The van der Waals surface area contributed by atoms with Gasteiger partial charge in [-0.05, 0) is 86.8 Å². The SMILES string of the molecule is COc1ccc(CCO[C@@H]2CCCC[C@H]2N2CC[C@@H](O)C2)cc1OC.COc1ccc(CCO[C@H]2CCCC[C@@H]2N2CC[C@@H](O)C2)cc1OC. The number of likely N-dealkylation sites (tertiary alicyclic amines) is 2. The van der Waals surface area contributed by atoms with E-state index in [1.54, 1.807) is 28.4 Å². The summed E-state index contributed by atoms with van der Waals surface area (Å²) in [7, 11) is 6.63. The maximum Gasteiger partial charge on any atom is 0.160 e. The Labute approximate surface area is 299 Å². The fourth-order valence-corrected chi connectivity index (χ4v) is 8.25. The molecule has 50 heavy (non-hydrogen) atoms. The number of methoxy groups -OCH3 is 4. The molecule has 2 saturated heterocycles. The van der Waals surface area contributed by atoms with Crippen LogP contribution in [0.4, 0.5) is 0 Å². The van der Waals surface area contributed by atoms with Gasteiger partial charge in [0.1, 0.15) is 0 Å². The summed E-state index contributed by atoms with van der Waals surface area (Å²) in [5.41, 5.74) is 2.39. The fraction of sp³-hybridized carbons (Fsp3) is 0.700. The second-order valence-corrected chi connectivity index (χ2v) is 14.3. The third-order valence-corrected chi connectivity index (χ3v) is 11.0. The highest BCUT2D eigenvalue weighted by atomic mass is 16.5. The average Bonchev–Trinajstić information content (AvgIpc) is 3.79. The van der Waals surface area contributed by atoms with Crippen molar-refractivity contribution in [2.45, 2.75) is 114 Å². The van der Waals surface area contributed by atoms with Gasteiger partial charge >= 0.3 is 0 Å². The monoisotopic (exact) mass is 698 g/mol. The number of nitrogens with zero attached hydrogens (tertiary/aromatic N) is 2. The van der Waals surface area contributed by atoms with E-state index in [1.165, 1.54) is 49.7 Å². The van der Waals surface area contributed by atoms with Gasteiger partial charge in [0, 0.05) is 38.3 Å². The van der Waals surface area contributed by atoms with Crippen LogP contribution in [0.3, 0.4) is 0 Å². The Balaban J connectivity index is 0.000000194. The number of aliphatic hydroxyl groups excluding tert-OH is 2. The summed E-state index contributed by atoms with van der Waals surface area (Å²) in [6.07, 6.45) is 13.5. The Bertz CT molecular complexity index is 1200. The third kappa shape index (κ3) is 10.7. The lowest BCUT2D eigenvalue weighted by Crippen LogP contribution is -2.46. The highest BCUT2D eigenvalue weighted by Crippen LogP contribution is 2.32. The molecule has 2 aliphatic heterocycles. The van der Waals surface area contributed by atoms with Gasteiger partial charge in [0.25, 0.3) is 0 Å². The number of β-amino-alcohol motifs (C(OH)–C–C–N with tert-alkyl or cyclic N) is 2. The minimum absolute atomic E-state index is 0.158. The smallest absolute Gasteiger partial charge is 0.160 e. The normalized spacial score (nSPS) is 27.4. The lowest BCUT2D eigenvalue weighted by atomic mass is 9.91. The standard InChI is InChI=1S/2C20H31NO4/c2*1-23-19-8-7-15(13-20(19)24-2)10-12-25-18-6-4-3-5-17(18)21-11-9-16(22)14-21/h2*7-8,13,16-18,22H,3-6,9-12,14H2,1-2H3/t16-,17+,18+;16-,17-,18-/m11/s1. The van der Waals surface area contributed by atoms with Crippen LogP contribution in [0.15, 0.2) is 36.4 Å². The first-order chi connectivity index (χ1) is 24.4. The van der Waals surface area contributed by atoms with Gasteiger partial charge in [-0.25, -0.2) is 0 Å². The molecule has 0 aromatic heterocycles. The minimum Gasteiger partial charge on any atom is -0.493 e. The maximum atomic E-state index is 9.83. The second kappa shape index (κ2) is 19.9. The van der Waals surface area contributed by atoms with Crippen molar-refractivity contribution in [1.29, 1.82) is 0 Å². The van der Waals surface area contributed by atoms with Crippen molar-refractivity contribution < 1.29 is 38.6 Å². The van der Waals surface area contributed by atoms with Crippen molar-refractivity contribution in [2.24, 2.45) is 0 Å². The van der Waals surface area contributed by atoms with Gasteiger partial charge in [-0.1, -0.05) is 37.8 Å². The Hall–Kier alpha value is -2.60. The Morgan fingerprint density at radius 2 is 0.940 bits per heavy atom. The molecule has 10 heteroatoms. The van der Waals surface area contributed by atoms with Gasteiger partial charge in [0.2, 0.25) is 0 Å². The zero-order valence-corrected chi connectivity index (χ0v) is 30.9. The van der Waals surface area contributed by atoms with Crippen LogP contribution in [-0.4, -0.2) is 124 Å². The minimum atomic E-state index is -0.158. The molecule has 2 aliphatic carbocycles. The summed E-state index contributed by atoms with van der Waals surface area (Å²) in [6, 6.07) is 13.0. The molecule has 0 radical (unpaired) electrons. The fourth-order valence-electron chi connectivity index (χ4n) is 8.25. The van der Waals surface area contributed by atoms with E-state index >= 15 is 0 Å². The summed E-state index contributed by atoms with van der Waals surface area (Å²) in [5.74, 6) is 3.04. The highest BCUT2D eigenvalue weighted by molar-refractivity contribution is 5.43. The van der Waals surface area contributed by atoms with Crippen molar-refractivity contribution in [3.05, 3.63) is 47.5 Å². The summed E-state index contributed by atoms with van der Waals surface area (Å²) in [4.78, 5) is 4.87. The molecule has 4 aliphatic rings. The van der Waals surface area contributed by atoms with Gasteiger partial charge in [0.15, 0.2) is 23.0 Å². The average molecular weight is 699 g/mol. The Morgan fingerprint density at radius 1 is 0.540 bits per heavy atom. The quantitative estimate of drug-likeness (QED) is 0.271. The molecule has 0 unspecified atom stereocenters. The van der Waals surface area contributed by atoms with Crippen molar-refractivity contribution >= 4 is 0 Å². The number of rotatable bonds is 14. The number of ether oxygens (including phenoxy) is 6. The van der Waals surface area contributed by atoms with Gasteiger partial charge in [-0.15, -0.1) is 0 Å². The van der Waals surface area contributed by atoms with E-state index in [9.17, 15) is 10.2 Å². The van der Waals surface area contributed by atoms with Crippen LogP contribution in [0.25, 0.3) is 0 Å². The van der Waals surface area contributed by atoms with Crippen molar-refractivity contribution in [2.75, 3.05) is 67.8 Å². The molecule has 6 atom stereocenters. The molecule has 2 aromatic rings. The predicted octanol–water partition coefficient (Wildman–Crippen LogP) is 5.28. The number of hydrogen-bond donors (Lipinski definition) is 2. The molecule has 6 rings (SSSR count). The van der Waals surface area contributed by atoms with Gasteiger partial charge in [-0.2, -0.15) is 0 Å². The van der Waals surface area contributed by atoms with Crippen LogP contribution >= 0.6 is 0 Å². The van der Waals surface area contributed by atoms with E-state index in [1.807, 2.05) is 24.3 Å². The van der Waals surface area contributed by atoms with E-state index < -0.39 is 0 Å². The van der Waals surface area contributed by atoms with Crippen LogP contribution in [-0.2, 0) is 22.3 Å². The molecule has 0 spiro atoms. The molecule has 2 saturated carbocycles. The molecule has 2 aromatic carbocycles. The first-order valence-corrected chi connectivity index (χ1v) is 18.9. The largest absolute Gasteiger partial charge is 0.493 e.